The predicted molar refractivity (Wildman–Crippen MR) is 62.6 cm³/mol. The van der Waals surface area contributed by atoms with E-state index in [1.807, 2.05) is 0 Å². The van der Waals surface area contributed by atoms with E-state index < -0.39 is 15.6 Å². The molecule has 0 saturated heterocycles. The molecule has 0 atom stereocenters. The topological polar surface area (TPSA) is 63.4 Å². The van der Waals surface area contributed by atoms with Gasteiger partial charge in [0, 0.05) is 7.05 Å². The van der Waals surface area contributed by atoms with Crippen molar-refractivity contribution >= 4 is 26.0 Å². The smallest absolute Gasteiger partial charge is 0.252 e. The zero-order valence-corrected chi connectivity index (χ0v) is 11.1. The molecule has 0 unspecified atom stereocenters. The molecule has 0 amide bonds. The normalized spacial score (nSPS) is 30.0. The van der Waals surface area contributed by atoms with E-state index in [9.17, 15) is 8.42 Å². The molecular weight excluding hydrogens is 280 g/mol. The number of rotatable bonds is 0. The van der Waals surface area contributed by atoms with Crippen LogP contribution in [0.15, 0.2) is 9.51 Å². The van der Waals surface area contributed by atoms with E-state index >= 15 is 0 Å². The first-order valence-electron chi connectivity index (χ1n) is 5.08. The van der Waals surface area contributed by atoms with E-state index in [1.165, 1.54) is 10.7 Å². The minimum absolute atomic E-state index is 0.166. The highest BCUT2D eigenvalue weighted by Gasteiger charge is 2.52. The van der Waals surface area contributed by atoms with Crippen LogP contribution >= 0.6 is 15.9 Å². The predicted octanol–water partition coefficient (Wildman–Crippen LogP) is 1.49. The van der Waals surface area contributed by atoms with E-state index in [1.54, 1.807) is 7.05 Å². The highest BCUT2D eigenvalue weighted by molar-refractivity contribution is 9.13. The minimum atomic E-state index is -3.36. The monoisotopic (exact) mass is 294 g/mol. The van der Waals surface area contributed by atoms with Crippen LogP contribution in [-0.4, -0.2) is 25.3 Å². The fraction of sp³-hybridized carbons (Fsp3) is 0.778. The van der Waals surface area contributed by atoms with Gasteiger partial charge >= 0.3 is 0 Å². The lowest BCUT2D eigenvalue weighted by Crippen LogP contribution is -2.48. The van der Waals surface area contributed by atoms with E-state index in [-0.39, 0.29) is 3.81 Å². The molecule has 4 nitrogen and oxygen atoms in total. The van der Waals surface area contributed by atoms with Crippen LogP contribution in [0.25, 0.3) is 0 Å². The van der Waals surface area contributed by atoms with Gasteiger partial charge in [-0.2, -0.15) is 4.31 Å². The van der Waals surface area contributed by atoms with E-state index in [2.05, 4.69) is 15.9 Å². The quantitative estimate of drug-likeness (QED) is 0.736. The van der Waals surface area contributed by atoms with E-state index in [0.29, 0.717) is 5.70 Å². The lowest BCUT2D eigenvalue weighted by Gasteiger charge is -2.38. The molecule has 1 heterocycles. The summed E-state index contributed by atoms with van der Waals surface area (Å²) in [5, 5.41) is 0. The molecule has 6 heteroatoms. The molecule has 0 aromatic carbocycles. The summed E-state index contributed by atoms with van der Waals surface area (Å²) in [5.41, 5.74) is 6.01. The van der Waals surface area contributed by atoms with Crippen molar-refractivity contribution in [1.29, 1.82) is 0 Å². The highest BCUT2D eigenvalue weighted by atomic mass is 79.9. The number of sulfonamides is 1. The Morgan fingerprint density at radius 2 is 1.87 bits per heavy atom. The summed E-state index contributed by atoms with van der Waals surface area (Å²) in [6, 6.07) is 0. The van der Waals surface area contributed by atoms with Crippen LogP contribution in [0.5, 0.6) is 0 Å². The molecule has 86 valence electrons. The Bertz CT molecular complexity index is 410. The number of nitrogens with zero attached hydrogens (tertiary/aromatic N) is 1. The molecule has 1 fully saturated rings. The molecule has 1 saturated carbocycles. The first-order chi connectivity index (χ1) is 6.93. The van der Waals surface area contributed by atoms with Crippen LogP contribution in [0.4, 0.5) is 0 Å². The standard InChI is InChI=1S/C9H15BrN2O2S/c1-12-9(5-3-2-4-6-9)7(11)8(10)15(12,13)14/h2-6,11H2,1H3. The molecule has 2 N–H and O–H groups in total. The number of nitrogens with two attached hydrogens (primary N) is 1. The summed E-state index contributed by atoms with van der Waals surface area (Å²) in [4.78, 5) is 0. The van der Waals surface area contributed by atoms with Gasteiger partial charge in [-0.25, -0.2) is 8.42 Å². The third kappa shape index (κ3) is 1.38. The van der Waals surface area contributed by atoms with Gasteiger partial charge in [0.2, 0.25) is 0 Å². The highest BCUT2D eigenvalue weighted by Crippen LogP contribution is 2.47. The van der Waals surface area contributed by atoms with Crippen molar-refractivity contribution in [3.8, 4) is 0 Å². The molecule has 2 rings (SSSR count). The van der Waals surface area contributed by atoms with Gasteiger partial charge in [-0.15, -0.1) is 0 Å². The Hall–Kier alpha value is -0.0700. The second-order valence-electron chi connectivity index (χ2n) is 4.25. The van der Waals surface area contributed by atoms with Crippen LogP contribution < -0.4 is 5.73 Å². The van der Waals surface area contributed by atoms with Gasteiger partial charge < -0.3 is 5.73 Å². The summed E-state index contributed by atoms with van der Waals surface area (Å²) < 4.78 is 25.4. The van der Waals surface area contributed by atoms with Crippen LogP contribution in [0.2, 0.25) is 0 Å². The average molecular weight is 295 g/mol. The summed E-state index contributed by atoms with van der Waals surface area (Å²) >= 11 is 3.10. The molecule has 0 bridgehead atoms. The lowest BCUT2D eigenvalue weighted by atomic mass is 9.80. The van der Waals surface area contributed by atoms with Crippen molar-refractivity contribution in [2.45, 2.75) is 37.6 Å². The van der Waals surface area contributed by atoms with Crippen molar-refractivity contribution in [2.75, 3.05) is 7.05 Å². The van der Waals surface area contributed by atoms with E-state index in [0.717, 1.165) is 25.7 Å². The Balaban J connectivity index is 2.52. The van der Waals surface area contributed by atoms with Gasteiger partial charge in [0.25, 0.3) is 10.0 Å². The van der Waals surface area contributed by atoms with Gasteiger partial charge in [0.05, 0.1) is 11.2 Å². The summed E-state index contributed by atoms with van der Waals surface area (Å²) in [6.07, 6.45) is 4.93. The molecular formula is C9H15BrN2O2S. The molecule has 0 radical (unpaired) electrons. The molecule has 2 aliphatic rings. The SMILES string of the molecule is CN1C2(CCCCC2)C(N)=C(Br)S1(=O)=O. The maximum atomic E-state index is 11.9. The Morgan fingerprint density at radius 1 is 1.33 bits per heavy atom. The molecule has 1 aliphatic carbocycles. The maximum Gasteiger partial charge on any atom is 0.252 e. The number of hydrogen-bond acceptors (Lipinski definition) is 3. The van der Waals surface area contributed by atoms with Crippen molar-refractivity contribution in [1.82, 2.24) is 4.31 Å². The second-order valence-corrected chi connectivity index (χ2v) is 7.48. The maximum absolute atomic E-state index is 11.9. The molecule has 0 aromatic rings. The van der Waals surface area contributed by atoms with Gasteiger partial charge in [0.1, 0.15) is 3.81 Å². The fourth-order valence-electron chi connectivity index (χ4n) is 2.56. The van der Waals surface area contributed by atoms with Gasteiger partial charge in [-0.1, -0.05) is 19.3 Å². The Morgan fingerprint density at radius 3 is 2.27 bits per heavy atom. The van der Waals surface area contributed by atoms with Gasteiger partial charge in [0.15, 0.2) is 0 Å². The largest absolute Gasteiger partial charge is 0.399 e. The number of halogens is 1. The zero-order valence-electron chi connectivity index (χ0n) is 8.66. The van der Waals surface area contributed by atoms with Crippen molar-refractivity contribution in [3.63, 3.8) is 0 Å². The van der Waals surface area contributed by atoms with Gasteiger partial charge in [-0.05, 0) is 28.8 Å². The molecule has 1 aliphatic heterocycles. The summed E-state index contributed by atoms with van der Waals surface area (Å²) in [5.74, 6) is 0. The first-order valence-corrected chi connectivity index (χ1v) is 7.31. The molecule has 0 aromatic heterocycles. The first kappa shape index (κ1) is 11.4. The summed E-state index contributed by atoms with van der Waals surface area (Å²) in [7, 11) is -1.73. The Kier molecular flexibility index (Phi) is 2.64. The van der Waals surface area contributed by atoms with Crippen molar-refractivity contribution in [2.24, 2.45) is 5.73 Å². The van der Waals surface area contributed by atoms with Crippen LogP contribution in [0, 0.1) is 0 Å². The van der Waals surface area contributed by atoms with Crippen molar-refractivity contribution < 1.29 is 8.42 Å². The summed E-state index contributed by atoms with van der Waals surface area (Å²) in [6.45, 7) is 0. The average Bonchev–Trinajstić information content (AvgIpc) is 2.35. The van der Waals surface area contributed by atoms with Crippen LogP contribution in [0.3, 0.4) is 0 Å². The fourth-order valence-corrected chi connectivity index (χ4v) is 5.03. The van der Waals surface area contributed by atoms with Crippen LogP contribution in [0.1, 0.15) is 32.1 Å². The number of likely N-dealkylation sites (N-methyl/N-ethyl adjacent to an activating group) is 1. The van der Waals surface area contributed by atoms with Crippen LogP contribution in [-0.2, 0) is 10.0 Å². The number of hydrogen-bond donors (Lipinski definition) is 1. The molecule has 15 heavy (non-hydrogen) atoms. The minimum Gasteiger partial charge on any atom is -0.399 e. The molecule has 1 spiro atoms. The zero-order chi connectivity index (χ0) is 11.3. The second kappa shape index (κ2) is 3.46. The third-order valence-corrected chi connectivity index (χ3v) is 6.98. The Labute approximate surface area is 98.7 Å². The van der Waals surface area contributed by atoms with Gasteiger partial charge in [-0.3, -0.25) is 0 Å². The third-order valence-electron chi connectivity index (χ3n) is 3.58. The lowest BCUT2D eigenvalue weighted by molar-refractivity contribution is 0.198. The van der Waals surface area contributed by atoms with E-state index in [4.69, 9.17) is 5.73 Å². The van der Waals surface area contributed by atoms with Crippen molar-refractivity contribution in [3.05, 3.63) is 9.51 Å².